The lowest BCUT2D eigenvalue weighted by atomic mass is 9.87. The minimum Gasteiger partial charge on any atom is -0.496 e. The number of carbonyl (C=O) groups excluding carboxylic acids is 2. The maximum atomic E-state index is 13.1. The molecule has 0 fully saturated rings. The fourth-order valence-electron chi connectivity index (χ4n) is 4.47. The number of nitrogens with zero attached hydrogens (tertiary/aromatic N) is 1. The average Bonchev–Trinajstić information content (AvgIpc) is 2.83. The van der Waals surface area contributed by atoms with E-state index in [1.807, 2.05) is 47.6 Å². The Morgan fingerprint density at radius 3 is 2.25 bits per heavy atom. The molecule has 1 aliphatic rings. The van der Waals surface area contributed by atoms with Crippen molar-refractivity contribution in [3.63, 3.8) is 0 Å². The van der Waals surface area contributed by atoms with Crippen LogP contribution in [0.1, 0.15) is 59.1 Å². The molecule has 2 aromatic carbocycles. The normalized spacial score (nSPS) is 15.6. The number of amides is 2. The van der Waals surface area contributed by atoms with Gasteiger partial charge in [0.25, 0.3) is 0 Å². The van der Waals surface area contributed by atoms with E-state index in [0.29, 0.717) is 24.4 Å². The Bertz CT molecular complexity index is 1210. The second-order valence-electron chi connectivity index (χ2n) is 11.1. The van der Waals surface area contributed by atoms with Crippen molar-refractivity contribution in [2.24, 2.45) is 0 Å². The number of esters is 1. The Kier molecular flexibility index (Phi) is 9.59. The molecule has 0 aliphatic heterocycles. The maximum absolute atomic E-state index is 13.1. The fourth-order valence-corrected chi connectivity index (χ4v) is 5.59. The zero-order chi connectivity index (χ0) is 29.9. The number of fused-ring (bicyclic) bond motifs is 1. The quantitative estimate of drug-likeness (QED) is 0.262. The summed E-state index contributed by atoms with van der Waals surface area (Å²) >= 11 is 1.39. The second kappa shape index (κ2) is 12.2. The van der Waals surface area contributed by atoms with Crippen molar-refractivity contribution in [2.45, 2.75) is 88.5 Å². The van der Waals surface area contributed by atoms with Crippen molar-refractivity contribution >= 4 is 29.4 Å². The van der Waals surface area contributed by atoms with Crippen LogP contribution in [0.2, 0.25) is 0 Å². The number of likely N-dealkylation sites (N-methyl/N-ethyl adjacent to an activating group) is 1. The lowest BCUT2D eigenvalue weighted by Gasteiger charge is -2.35. The standard InChI is InChI=1S/C29H37F3N2O5S/c1-8-34(26(36)33-20-10-13-22(14-11-20)38-29(30,31)32)21-12-9-18-17-24(23(37-7)16-19(18)15-21)40-28(5,6)25(35)39-27(2,3)4/h10-11,13-14,16-17,21H,8-9,12,15H2,1-7H3,(H,33,36). The highest BCUT2D eigenvalue weighted by Gasteiger charge is 2.36. The number of hydrogen-bond acceptors (Lipinski definition) is 6. The summed E-state index contributed by atoms with van der Waals surface area (Å²) in [5.41, 5.74) is 1.97. The smallest absolute Gasteiger partial charge is 0.496 e. The molecule has 0 saturated carbocycles. The number of alkyl halides is 3. The molecule has 0 saturated heterocycles. The van der Waals surface area contributed by atoms with E-state index in [9.17, 15) is 22.8 Å². The van der Waals surface area contributed by atoms with Crippen molar-refractivity contribution in [3.05, 3.63) is 47.5 Å². The Morgan fingerprint density at radius 1 is 1.05 bits per heavy atom. The van der Waals surface area contributed by atoms with E-state index in [4.69, 9.17) is 9.47 Å². The van der Waals surface area contributed by atoms with Crippen LogP contribution in [0.25, 0.3) is 0 Å². The summed E-state index contributed by atoms with van der Waals surface area (Å²) in [6.07, 6.45) is -2.70. The van der Waals surface area contributed by atoms with Gasteiger partial charge >= 0.3 is 18.4 Å². The molecule has 40 heavy (non-hydrogen) atoms. The average molecular weight is 583 g/mol. The zero-order valence-corrected chi connectivity index (χ0v) is 24.7. The molecule has 3 rings (SSSR count). The van der Waals surface area contributed by atoms with Crippen LogP contribution < -0.4 is 14.8 Å². The predicted molar refractivity (Wildman–Crippen MR) is 149 cm³/mol. The number of methoxy groups -OCH3 is 1. The first kappa shape index (κ1) is 31.4. The molecule has 11 heteroatoms. The summed E-state index contributed by atoms with van der Waals surface area (Å²) < 4.78 is 51.6. The van der Waals surface area contributed by atoms with Crippen molar-refractivity contribution in [1.29, 1.82) is 0 Å². The molecule has 2 amide bonds. The summed E-state index contributed by atoms with van der Waals surface area (Å²) in [6.45, 7) is 11.5. The van der Waals surface area contributed by atoms with Crippen LogP contribution in [0.3, 0.4) is 0 Å². The molecule has 1 N–H and O–H groups in total. The van der Waals surface area contributed by atoms with Crippen LogP contribution in [0.15, 0.2) is 41.3 Å². The lowest BCUT2D eigenvalue weighted by molar-refractivity contribution is -0.274. The van der Waals surface area contributed by atoms with Crippen LogP contribution in [-0.2, 0) is 22.4 Å². The van der Waals surface area contributed by atoms with Crippen LogP contribution in [-0.4, -0.2) is 53.3 Å². The summed E-state index contributed by atoms with van der Waals surface area (Å²) in [6, 6.07) is 8.66. The van der Waals surface area contributed by atoms with Gasteiger partial charge in [0.2, 0.25) is 0 Å². The van der Waals surface area contributed by atoms with Crippen LogP contribution in [0.5, 0.6) is 11.5 Å². The molecular weight excluding hydrogens is 545 g/mol. The summed E-state index contributed by atoms with van der Waals surface area (Å²) in [5, 5.41) is 2.77. The Morgan fingerprint density at radius 2 is 1.70 bits per heavy atom. The lowest BCUT2D eigenvalue weighted by Crippen LogP contribution is -2.45. The fraction of sp³-hybridized carbons (Fsp3) is 0.517. The molecule has 0 spiro atoms. The number of urea groups is 1. The number of thioether (sulfide) groups is 1. The van der Waals surface area contributed by atoms with E-state index in [2.05, 4.69) is 16.1 Å². The van der Waals surface area contributed by atoms with Crippen LogP contribution >= 0.6 is 11.8 Å². The SMILES string of the molecule is CCN(C(=O)Nc1ccc(OC(F)(F)F)cc1)C1CCc2cc(SC(C)(C)C(=O)OC(C)(C)C)c(OC)cc2C1. The van der Waals surface area contributed by atoms with E-state index >= 15 is 0 Å². The monoisotopic (exact) mass is 582 g/mol. The van der Waals surface area contributed by atoms with E-state index in [1.165, 1.54) is 23.9 Å². The summed E-state index contributed by atoms with van der Waals surface area (Å²) in [4.78, 5) is 28.5. The Labute approximate surface area is 237 Å². The third kappa shape index (κ3) is 8.46. The minimum absolute atomic E-state index is 0.0771. The van der Waals surface area contributed by atoms with Gasteiger partial charge in [-0.25, -0.2) is 4.79 Å². The highest BCUT2D eigenvalue weighted by atomic mass is 32.2. The number of nitrogens with one attached hydrogen (secondary N) is 1. The van der Waals surface area contributed by atoms with Gasteiger partial charge in [-0.1, -0.05) is 0 Å². The van der Waals surface area contributed by atoms with Gasteiger partial charge in [-0.05, 0) is 108 Å². The number of carbonyl (C=O) groups is 2. The molecule has 1 atom stereocenters. The van der Waals surface area contributed by atoms with Gasteiger partial charge in [0.1, 0.15) is 21.8 Å². The molecule has 1 aliphatic carbocycles. The molecule has 7 nitrogen and oxygen atoms in total. The maximum Gasteiger partial charge on any atom is 0.573 e. The van der Waals surface area contributed by atoms with Crippen molar-refractivity contribution in [1.82, 2.24) is 4.90 Å². The van der Waals surface area contributed by atoms with E-state index in [0.717, 1.165) is 41.0 Å². The predicted octanol–water partition coefficient (Wildman–Crippen LogP) is 7.22. The number of benzene rings is 2. The van der Waals surface area contributed by atoms with Gasteiger partial charge in [-0.15, -0.1) is 24.9 Å². The number of ether oxygens (including phenoxy) is 3. The van der Waals surface area contributed by atoms with Crippen LogP contribution in [0.4, 0.5) is 23.7 Å². The molecule has 0 radical (unpaired) electrons. The molecule has 1 unspecified atom stereocenters. The molecule has 0 bridgehead atoms. The Balaban J connectivity index is 1.72. The van der Waals surface area contributed by atoms with Gasteiger partial charge in [-0.3, -0.25) is 4.79 Å². The third-order valence-electron chi connectivity index (χ3n) is 6.33. The van der Waals surface area contributed by atoms with E-state index in [1.54, 1.807) is 12.0 Å². The van der Waals surface area contributed by atoms with Crippen molar-refractivity contribution < 1.29 is 37.0 Å². The topological polar surface area (TPSA) is 77.1 Å². The molecular formula is C29H37F3N2O5S. The van der Waals surface area contributed by atoms with Gasteiger partial charge < -0.3 is 24.4 Å². The molecule has 0 aromatic heterocycles. The van der Waals surface area contributed by atoms with E-state index in [-0.39, 0.29) is 23.8 Å². The third-order valence-corrected chi connectivity index (χ3v) is 7.54. The zero-order valence-electron chi connectivity index (χ0n) is 23.9. The Hall–Kier alpha value is -3.08. The minimum atomic E-state index is -4.78. The number of rotatable bonds is 8. The van der Waals surface area contributed by atoms with Crippen molar-refractivity contribution in [2.75, 3.05) is 19.0 Å². The highest BCUT2D eigenvalue weighted by molar-refractivity contribution is 8.01. The molecule has 2 aromatic rings. The number of anilines is 1. The first-order valence-corrected chi connectivity index (χ1v) is 13.9. The van der Waals surface area contributed by atoms with Gasteiger partial charge in [0, 0.05) is 18.3 Å². The number of aryl methyl sites for hydroxylation is 1. The van der Waals surface area contributed by atoms with Crippen molar-refractivity contribution in [3.8, 4) is 11.5 Å². The largest absolute Gasteiger partial charge is 0.573 e. The van der Waals surface area contributed by atoms with Crippen LogP contribution in [0, 0.1) is 0 Å². The summed E-state index contributed by atoms with van der Waals surface area (Å²) in [7, 11) is 1.59. The summed E-state index contributed by atoms with van der Waals surface area (Å²) in [5.74, 6) is -0.0191. The first-order valence-electron chi connectivity index (χ1n) is 13.1. The first-order chi connectivity index (χ1) is 18.5. The van der Waals surface area contributed by atoms with Gasteiger partial charge in [-0.2, -0.15) is 0 Å². The molecule has 220 valence electrons. The second-order valence-corrected chi connectivity index (χ2v) is 12.7. The highest BCUT2D eigenvalue weighted by Crippen LogP contribution is 2.42. The van der Waals surface area contributed by atoms with Gasteiger partial charge in [0.05, 0.1) is 12.0 Å². The number of hydrogen-bond donors (Lipinski definition) is 1. The number of halogens is 3. The van der Waals surface area contributed by atoms with Gasteiger partial charge in [0.15, 0.2) is 0 Å². The van der Waals surface area contributed by atoms with E-state index < -0.39 is 16.7 Å². The molecule has 0 heterocycles.